The van der Waals surface area contributed by atoms with Gasteiger partial charge in [-0.15, -0.1) is 0 Å². The van der Waals surface area contributed by atoms with Crippen LogP contribution in [-0.2, 0) is 0 Å². The third-order valence-electron chi connectivity index (χ3n) is 3.24. The van der Waals surface area contributed by atoms with Crippen LogP contribution < -0.4 is 10.6 Å². The van der Waals surface area contributed by atoms with E-state index in [2.05, 4.69) is 53.6 Å². The molecule has 0 saturated carbocycles. The highest BCUT2D eigenvalue weighted by Crippen LogP contribution is 2.04. The zero-order valence-corrected chi connectivity index (χ0v) is 13.7. The zero-order valence-electron chi connectivity index (χ0n) is 13.7. The molecule has 0 bridgehead atoms. The third-order valence-corrected chi connectivity index (χ3v) is 3.24. The smallest absolute Gasteiger partial charge is 0.193 e. The topological polar surface area (TPSA) is 39.7 Å². The number of guanidine groups is 1. The monoisotopic (exact) mass is 290 g/mol. The molecular weight excluding hydrogens is 260 g/mol. The molecule has 0 amide bonds. The number of rotatable bonds is 9. The first-order valence-electron chi connectivity index (χ1n) is 8.06. The van der Waals surface area contributed by atoms with Gasteiger partial charge in [-0.2, -0.15) is 0 Å². The van der Waals surface area contributed by atoms with Gasteiger partial charge in [0.2, 0.25) is 0 Å². The maximum Gasteiger partial charge on any atom is 0.193 e. The summed E-state index contributed by atoms with van der Waals surface area (Å²) in [6.45, 7) is 8.10. The predicted molar refractivity (Wildman–Crippen MR) is 93.1 cm³/mol. The van der Waals surface area contributed by atoms with Gasteiger partial charge in [-0.3, -0.25) is 4.99 Å². The van der Waals surface area contributed by atoms with Gasteiger partial charge in [0.05, 0.1) is 0 Å². The van der Waals surface area contributed by atoms with Crippen molar-refractivity contribution in [3.8, 4) is 0 Å². The molecule has 0 aliphatic carbocycles. The Balaban J connectivity index is 2.29. The van der Waals surface area contributed by atoms with E-state index in [0.29, 0.717) is 0 Å². The van der Waals surface area contributed by atoms with Crippen LogP contribution in [0.25, 0.3) is 0 Å². The van der Waals surface area contributed by atoms with Gasteiger partial charge in [-0.25, -0.2) is 0 Å². The van der Waals surface area contributed by atoms with E-state index in [9.17, 15) is 0 Å². The summed E-state index contributed by atoms with van der Waals surface area (Å²) < 4.78 is 0. The molecule has 0 aliphatic rings. The second-order valence-corrected chi connectivity index (χ2v) is 5.16. The predicted octanol–water partition coefficient (Wildman–Crippen LogP) is 3.19. The summed E-state index contributed by atoms with van der Waals surface area (Å²) in [6, 6.07) is 10.3. The molecule has 0 atom stereocenters. The number of benzene rings is 1. The molecule has 118 valence electrons. The molecule has 0 spiro atoms. The minimum atomic E-state index is 0.846. The van der Waals surface area contributed by atoms with Gasteiger partial charge in [0.1, 0.15) is 0 Å². The van der Waals surface area contributed by atoms with Crippen LogP contribution in [0.2, 0.25) is 0 Å². The molecule has 0 aromatic heterocycles. The Kier molecular flexibility index (Phi) is 9.09. The molecule has 0 unspecified atom stereocenters. The maximum atomic E-state index is 4.69. The van der Waals surface area contributed by atoms with Crippen molar-refractivity contribution in [2.45, 2.75) is 33.1 Å². The molecule has 0 saturated heterocycles. The summed E-state index contributed by atoms with van der Waals surface area (Å²) in [6.07, 6.45) is 3.45. The fraction of sp³-hybridized carbons (Fsp3) is 0.588. The van der Waals surface area contributed by atoms with Gasteiger partial charge in [0.15, 0.2) is 5.96 Å². The minimum Gasteiger partial charge on any atom is -0.385 e. The molecule has 0 aliphatic heterocycles. The second-order valence-electron chi connectivity index (χ2n) is 5.16. The fourth-order valence-electron chi connectivity index (χ4n) is 2.02. The minimum absolute atomic E-state index is 0.846. The number of aliphatic imine (C=N–C) groups is 1. The Morgan fingerprint density at radius 2 is 1.90 bits per heavy atom. The van der Waals surface area contributed by atoms with Crippen LogP contribution in [-0.4, -0.2) is 44.1 Å². The van der Waals surface area contributed by atoms with Crippen molar-refractivity contribution in [2.24, 2.45) is 4.99 Å². The highest BCUT2D eigenvalue weighted by Gasteiger charge is 2.03. The lowest BCUT2D eigenvalue weighted by molar-refractivity contribution is 0.464. The van der Waals surface area contributed by atoms with Gasteiger partial charge < -0.3 is 15.5 Å². The summed E-state index contributed by atoms with van der Waals surface area (Å²) in [5.74, 6) is 1.02. The van der Waals surface area contributed by atoms with E-state index in [1.807, 2.05) is 18.2 Å². The van der Waals surface area contributed by atoms with Crippen LogP contribution in [0.5, 0.6) is 0 Å². The molecule has 4 heteroatoms. The lowest BCUT2D eigenvalue weighted by atomic mass is 10.3. The number of anilines is 1. The van der Waals surface area contributed by atoms with Crippen LogP contribution in [0.15, 0.2) is 35.3 Å². The summed E-state index contributed by atoms with van der Waals surface area (Å²) in [5, 5.41) is 6.77. The van der Waals surface area contributed by atoms with Crippen molar-refractivity contribution >= 4 is 11.6 Å². The van der Waals surface area contributed by atoms with Crippen molar-refractivity contribution in [1.82, 2.24) is 10.2 Å². The first-order valence-corrected chi connectivity index (χ1v) is 8.06. The number of para-hydroxylation sites is 1. The molecule has 1 aromatic carbocycles. The standard InChI is InChI=1S/C17H30N4/c1-4-6-15-21(3)17(18-5-2)20-14-10-13-19-16-11-8-7-9-12-16/h7-9,11-12,19H,4-6,10,13-15H2,1-3H3,(H,18,20). The summed E-state index contributed by atoms with van der Waals surface area (Å²) in [5.41, 5.74) is 1.17. The van der Waals surface area contributed by atoms with E-state index in [1.54, 1.807) is 0 Å². The first kappa shape index (κ1) is 17.3. The van der Waals surface area contributed by atoms with Crippen molar-refractivity contribution in [3.05, 3.63) is 30.3 Å². The molecule has 1 rings (SSSR count). The highest BCUT2D eigenvalue weighted by atomic mass is 15.3. The normalized spacial score (nSPS) is 11.3. The Morgan fingerprint density at radius 3 is 2.57 bits per heavy atom. The molecule has 21 heavy (non-hydrogen) atoms. The quantitative estimate of drug-likeness (QED) is 0.417. The van der Waals surface area contributed by atoms with Crippen molar-refractivity contribution in [2.75, 3.05) is 38.5 Å². The Bertz CT molecular complexity index is 389. The fourth-order valence-corrected chi connectivity index (χ4v) is 2.02. The summed E-state index contributed by atoms with van der Waals surface area (Å²) >= 11 is 0. The largest absolute Gasteiger partial charge is 0.385 e. The zero-order chi connectivity index (χ0) is 15.3. The third kappa shape index (κ3) is 7.59. The molecule has 0 fully saturated rings. The van der Waals surface area contributed by atoms with Crippen LogP contribution in [0.4, 0.5) is 5.69 Å². The van der Waals surface area contributed by atoms with Crippen molar-refractivity contribution in [1.29, 1.82) is 0 Å². The van der Waals surface area contributed by atoms with Gasteiger partial charge in [0.25, 0.3) is 0 Å². The lowest BCUT2D eigenvalue weighted by Gasteiger charge is -2.21. The van der Waals surface area contributed by atoms with E-state index in [4.69, 9.17) is 0 Å². The Morgan fingerprint density at radius 1 is 1.14 bits per heavy atom. The molecule has 1 aromatic rings. The number of nitrogens with zero attached hydrogens (tertiary/aromatic N) is 2. The Hall–Kier alpha value is -1.71. The van der Waals surface area contributed by atoms with Crippen LogP contribution in [0.1, 0.15) is 33.1 Å². The molecular formula is C17H30N4. The average Bonchev–Trinajstić information content (AvgIpc) is 2.52. The lowest BCUT2D eigenvalue weighted by Crippen LogP contribution is -2.39. The van der Waals surface area contributed by atoms with Crippen LogP contribution >= 0.6 is 0 Å². The summed E-state index contributed by atoms with van der Waals surface area (Å²) in [4.78, 5) is 6.91. The molecule has 4 nitrogen and oxygen atoms in total. The van der Waals surface area contributed by atoms with Crippen LogP contribution in [0.3, 0.4) is 0 Å². The van der Waals surface area contributed by atoms with E-state index in [0.717, 1.165) is 38.6 Å². The van der Waals surface area contributed by atoms with Crippen molar-refractivity contribution < 1.29 is 0 Å². The van der Waals surface area contributed by atoms with Gasteiger partial charge in [-0.1, -0.05) is 31.5 Å². The summed E-state index contributed by atoms with van der Waals surface area (Å²) in [7, 11) is 2.11. The molecule has 2 N–H and O–H groups in total. The van der Waals surface area contributed by atoms with Gasteiger partial charge >= 0.3 is 0 Å². The maximum absolute atomic E-state index is 4.69. The van der Waals surface area contributed by atoms with Crippen LogP contribution in [0, 0.1) is 0 Å². The van der Waals surface area contributed by atoms with E-state index in [-0.39, 0.29) is 0 Å². The second kappa shape index (κ2) is 11.0. The number of unbranched alkanes of at least 4 members (excludes halogenated alkanes) is 1. The van der Waals surface area contributed by atoms with E-state index in [1.165, 1.54) is 18.5 Å². The average molecular weight is 290 g/mol. The van der Waals surface area contributed by atoms with Gasteiger partial charge in [0, 0.05) is 38.9 Å². The van der Waals surface area contributed by atoms with E-state index < -0.39 is 0 Å². The molecule has 0 heterocycles. The number of nitrogens with one attached hydrogen (secondary N) is 2. The Labute approximate surface area is 129 Å². The SMILES string of the molecule is CCCCN(C)C(=NCCCNc1ccccc1)NCC. The molecule has 0 radical (unpaired) electrons. The number of hydrogen-bond acceptors (Lipinski definition) is 2. The first-order chi connectivity index (χ1) is 10.3. The number of hydrogen-bond donors (Lipinski definition) is 2. The van der Waals surface area contributed by atoms with Crippen molar-refractivity contribution in [3.63, 3.8) is 0 Å². The highest BCUT2D eigenvalue weighted by molar-refractivity contribution is 5.79. The van der Waals surface area contributed by atoms with E-state index >= 15 is 0 Å². The van der Waals surface area contributed by atoms with Gasteiger partial charge in [-0.05, 0) is 31.9 Å².